The maximum atomic E-state index is 4.39. The quantitative estimate of drug-likeness (QED) is 0.659. The average Bonchev–Trinajstić information content (AvgIpc) is 2.29. The van der Waals surface area contributed by atoms with Crippen molar-refractivity contribution in [3.8, 4) is 0 Å². The third kappa shape index (κ3) is 1.02. The minimum Gasteiger partial charge on any atom is -0.381 e. The fraction of sp³-hybridized carbons (Fsp3) is 0.182. The van der Waals surface area contributed by atoms with Gasteiger partial charge in [0.25, 0.3) is 0 Å². The van der Waals surface area contributed by atoms with Gasteiger partial charge in [-0.3, -0.25) is 4.98 Å². The molecule has 1 aromatic heterocycles. The summed E-state index contributed by atoms with van der Waals surface area (Å²) in [5.41, 5.74) is 3.33. The third-order valence-electron chi connectivity index (χ3n) is 2.52. The number of anilines is 2. The Labute approximate surface area is 82.2 Å². The molecule has 3 nitrogen and oxygen atoms in total. The lowest BCUT2D eigenvalue weighted by Gasteiger charge is -2.20. The molecule has 2 heterocycles. The molecule has 70 valence electrons. The van der Waals surface area contributed by atoms with E-state index in [2.05, 4.69) is 21.7 Å². The molecule has 0 saturated carbocycles. The van der Waals surface area contributed by atoms with Crippen LogP contribution in [0.15, 0.2) is 30.5 Å². The number of hydrogen-bond acceptors (Lipinski definition) is 3. The highest BCUT2D eigenvalue weighted by molar-refractivity contribution is 5.98. The average molecular weight is 185 g/mol. The lowest BCUT2D eigenvalue weighted by Crippen LogP contribution is -2.20. The van der Waals surface area contributed by atoms with Gasteiger partial charge in [0, 0.05) is 18.5 Å². The van der Waals surface area contributed by atoms with Crippen molar-refractivity contribution in [2.45, 2.75) is 0 Å². The Bertz CT molecular complexity index is 479. The van der Waals surface area contributed by atoms with Gasteiger partial charge in [0.2, 0.25) is 0 Å². The fourth-order valence-corrected chi connectivity index (χ4v) is 1.85. The second kappa shape index (κ2) is 2.87. The Morgan fingerprint density at radius 1 is 1.07 bits per heavy atom. The van der Waals surface area contributed by atoms with E-state index in [1.165, 1.54) is 11.1 Å². The summed E-state index contributed by atoms with van der Waals surface area (Å²) in [6.45, 7) is 1.94. The van der Waals surface area contributed by atoms with Crippen molar-refractivity contribution in [3.05, 3.63) is 30.5 Å². The van der Waals surface area contributed by atoms with E-state index in [0.29, 0.717) is 0 Å². The molecular formula is C11H11N3. The van der Waals surface area contributed by atoms with Gasteiger partial charge in [0.15, 0.2) is 0 Å². The Hall–Kier alpha value is -1.77. The van der Waals surface area contributed by atoms with Gasteiger partial charge in [-0.25, -0.2) is 0 Å². The number of pyridine rings is 1. The number of nitrogens with one attached hydrogen (secondary N) is 2. The summed E-state index contributed by atoms with van der Waals surface area (Å²) >= 11 is 0. The van der Waals surface area contributed by atoms with E-state index in [-0.39, 0.29) is 0 Å². The zero-order valence-electron chi connectivity index (χ0n) is 7.75. The first-order valence-electron chi connectivity index (χ1n) is 4.80. The number of benzene rings is 1. The summed E-state index contributed by atoms with van der Waals surface area (Å²) < 4.78 is 0. The van der Waals surface area contributed by atoms with Gasteiger partial charge < -0.3 is 10.6 Å². The number of para-hydroxylation sites is 1. The Morgan fingerprint density at radius 2 is 1.93 bits per heavy atom. The molecule has 1 aliphatic rings. The van der Waals surface area contributed by atoms with Crippen LogP contribution in [0.3, 0.4) is 0 Å². The lowest BCUT2D eigenvalue weighted by atomic mass is 10.1. The summed E-state index contributed by atoms with van der Waals surface area (Å²) in [5, 5.41) is 7.92. The van der Waals surface area contributed by atoms with Gasteiger partial charge in [-0.05, 0) is 6.07 Å². The van der Waals surface area contributed by atoms with Crippen LogP contribution >= 0.6 is 0 Å². The largest absolute Gasteiger partial charge is 0.381 e. The SMILES string of the molecule is c1ccc2c3c(cnc2c1)NCCN3. The molecular weight excluding hydrogens is 174 g/mol. The van der Waals surface area contributed by atoms with Crippen LogP contribution in [0, 0.1) is 0 Å². The van der Waals surface area contributed by atoms with E-state index in [1.54, 1.807) is 0 Å². The number of rotatable bonds is 0. The first kappa shape index (κ1) is 7.62. The Balaban J connectivity index is 2.34. The highest BCUT2D eigenvalue weighted by atomic mass is 15.0. The zero-order chi connectivity index (χ0) is 9.38. The molecule has 3 rings (SSSR count). The summed E-state index contributed by atoms with van der Waals surface area (Å²) in [4.78, 5) is 4.39. The first-order valence-corrected chi connectivity index (χ1v) is 4.80. The molecule has 2 aromatic rings. The smallest absolute Gasteiger partial charge is 0.0769 e. The molecule has 0 unspecified atom stereocenters. The van der Waals surface area contributed by atoms with Gasteiger partial charge >= 0.3 is 0 Å². The second-order valence-corrected chi connectivity index (χ2v) is 3.42. The molecule has 0 spiro atoms. The van der Waals surface area contributed by atoms with Crippen molar-refractivity contribution >= 4 is 22.3 Å². The van der Waals surface area contributed by atoms with E-state index in [1.807, 2.05) is 24.4 Å². The molecule has 1 aromatic carbocycles. The van der Waals surface area contributed by atoms with Gasteiger partial charge in [0.1, 0.15) is 0 Å². The fourth-order valence-electron chi connectivity index (χ4n) is 1.85. The summed E-state index contributed by atoms with van der Waals surface area (Å²) in [6.07, 6.45) is 1.89. The highest BCUT2D eigenvalue weighted by Gasteiger charge is 2.10. The molecule has 0 aliphatic carbocycles. The van der Waals surface area contributed by atoms with Crippen LogP contribution in [-0.2, 0) is 0 Å². The second-order valence-electron chi connectivity index (χ2n) is 3.42. The molecule has 0 bridgehead atoms. The van der Waals surface area contributed by atoms with Crippen LogP contribution in [-0.4, -0.2) is 18.1 Å². The van der Waals surface area contributed by atoms with Gasteiger partial charge in [0.05, 0.1) is 23.1 Å². The van der Waals surface area contributed by atoms with Crippen molar-refractivity contribution in [1.29, 1.82) is 0 Å². The normalized spacial score (nSPS) is 14.3. The van der Waals surface area contributed by atoms with Gasteiger partial charge in [-0.1, -0.05) is 18.2 Å². The first-order chi connectivity index (χ1) is 6.95. The summed E-state index contributed by atoms with van der Waals surface area (Å²) in [6, 6.07) is 8.19. The maximum absolute atomic E-state index is 4.39. The minimum absolute atomic E-state index is 0.965. The van der Waals surface area contributed by atoms with Crippen LogP contribution in [0.5, 0.6) is 0 Å². The summed E-state index contributed by atoms with van der Waals surface area (Å²) in [7, 11) is 0. The van der Waals surface area contributed by atoms with Gasteiger partial charge in [-0.15, -0.1) is 0 Å². The predicted molar refractivity (Wildman–Crippen MR) is 58.7 cm³/mol. The summed E-state index contributed by atoms with van der Waals surface area (Å²) in [5.74, 6) is 0. The third-order valence-corrected chi connectivity index (χ3v) is 2.52. The molecule has 1 aliphatic heterocycles. The van der Waals surface area contributed by atoms with Crippen molar-refractivity contribution in [2.75, 3.05) is 23.7 Å². The predicted octanol–water partition coefficient (Wildman–Crippen LogP) is 2.07. The Kier molecular flexibility index (Phi) is 1.56. The molecule has 0 radical (unpaired) electrons. The van der Waals surface area contributed by atoms with Crippen LogP contribution in [0.25, 0.3) is 10.9 Å². The van der Waals surface area contributed by atoms with E-state index in [4.69, 9.17) is 0 Å². The van der Waals surface area contributed by atoms with Crippen molar-refractivity contribution in [1.82, 2.24) is 4.98 Å². The number of aromatic nitrogens is 1. The van der Waals surface area contributed by atoms with Crippen LogP contribution in [0.2, 0.25) is 0 Å². The van der Waals surface area contributed by atoms with Crippen molar-refractivity contribution in [2.24, 2.45) is 0 Å². The number of nitrogens with zero attached hydrogens (tertiary/aromatic N) is 1. The van der Waals surface area contributed by atoms with Gasteiger partial charge in [-0.2, -0.15) is 0 Å². The molecule has 14 heavy (non-hydrogen) atoms. The number of hydrogen-bond donors (Lipinski definition) is 2. The van der Waals surface area contributed by atoms with E-state index < -0.39 is 0 Å². The topological polar surface area (TPSA) is 37.0 Å². The molecule has 0 saturated heterocycles. The maximum Gasteiger partial charge on any atom is 0.0769 e. The van der Waals surface area contributed by atoms with Crippen LogP contribution in [0.1, 0.15) is 0 Å². The minimum atomic E-state index is 0.965. The zero-order valence-corrected chi connectivity index (χ0v) is 7.75. The molecule has 0 fully saturated rings. The molecule has 3 heteroatoms. The highest BCUT2D eigenvalue weighted by Crippen LogP contribution is 2.30. The van der Waals surface area contributed by atoms with Crippen molar-refractivity contribution in [3.63, 3.8) is 0 Å². The molecule has 0 amide bonds. The van der Waals surface area contributed by atoms with E-state index >= 15 is 0 Å². The standard InChI is InChI=1S/C11H11N3/c1-2-4-9-8(3-1)11-10(7-14-9)12-5-6-13-11/h1-4,7,12-13H,5-6H2. The Morgan fingerprint density at radius 3 is 2.93 bits per heavy atom. The molecule has 2 N–H and O–H groups in total. The lowest BCUT2D eigenvalue weighted by molar-refractivity contribution is 1.05. The van der Waals surface area contributed by atoms with E-state index in [9.17, 15) is 0 Å². The number of fused-ring (bicyclic) bond motifs is 3. The van der Waals surface area contributed by atoms with Crippen molar-refractivity contribution < 1.29 is 0 Å². The monoisotopic (exact) mass is 185 g/mol. The van der Waals surface area contributed by atoms with Crippen LogP contribution < -0.4 is 10.6 Å². The molecule has 0 atom stereocenters. The van der Waals surface area contributed by atoms with E-state index in [0.717, 1.165) is 24.3 Å². The van der Waals surface area contributed by atoms with Crippen LogP contribution in [0.4, 0.5) is 11.4 Å².